The lowest BCUT2D eigenvalue weighted by Crippen LogP contribution is -2.15. The molecule has 3 aromatic rings. The molecule has 1 aliphatic carbocycles. The molecule has 0 saturated heterocycles. The van der Waals surface area contributed by atoms with Crippen molar-refractivity contribution >= 4 is 39.8 Å². The monoisotopic (exact) mass is 483 g/mol. The first-order valence-corrected chi connectivity index (χ1v) is 12.3. The molecule has 0 aliphatic heterocycles. The molecule has 1 amide bonds. The second-order valence-corrected chi connectivity index (χ2v) is 9.43. The van der Waals surface area contributed by atoms with Gasteiger partial charge in [0, 0.05) is 15.5 Å². The van der Waals surface area contributed by atoms with Crippen molar-refractivity contribution in [1.82, 2.24) is 0 Å². The predicted octanol–water partition coefficient (Wildman–Crippen LogP) is 6.68. The van der Waals surface area contributed by atoms with E-state index in [0.717, 1.165) is 43.2 Å². The fourth-order valence-corrected chi connectivity index (χ4v) is 5.32. The Hall–Kier alpha value is -2.83. The normalized spacial score (nSPS) is 13.0. The molecule has 5 nitrogen and oxygen atoms in total. The summed E-state index contributed by atoms with van der Waals surface area (Å²) in [6.07, 6.45) is 5.06. The van der Waals surface area contributed by atoms with Crippen molar-refractivity contribution in [2.24, 2.45) is 0 Å². The lowest BCUT2D eigenvalue weighted by molar-refractivity contribution is 0.0527. The number of fused-ring (bicyclic) bond motifs is 1. The standard InChI is InChI=1S/C26H26ClNO4S/c1-2-31-26(30)23-21-9-4-3-5-10-22(21)33-25(23)28-24(29)18-8-6-7-17(15-18)16-32-20-13-11-19(27)12-14-20/h6-8,11-15H,2-5,9-10,16H2,1H3,(H,28,29). The van der Waals surface area contributed by atoms with Gasteiger partial charge in [0.15, 0.2) is 0 Å². The Morgan fingerprint density at radius 1 is 1.06 bits per heavy atom. The van der Waals surface area contributed by atoms with Crippen LogP contribution in [0.1, 0.15) is 62.9 Å². The zero-order valence-electron chi connectivity index (χ0n) is 18.5. The Morgan fingerprint density at radius 3 is 2.64 bits per heavy atom. The number of anilines is 1. The molecule has 0 saturated carbocycles. The topological polar surface area (TPSA) is 64.6 Å². The molecule has 0 atom stereocenters. The lowest BCUT2D eigenvalue weighted by Gasteiger charge is -2.10. The van der Waals surface area contributed by atoms with Gasteiger partial charge in [0.25, 0.3) is 5.91 Å². The van der Waals surface area contributed by atoms with E-state index >= 15 is 0 Å². The average molecular weight is 484 g/mol. The molecule has 4 rings (SSSR count). The van der Waals surface area contributed by atoms with Gasteiger partial charge in [-0.15, -0.1) is 11.3 Å². The molecule has 2 aromatic carbocycles. The molecule has 1 aliphatic rings. The molecule has 0 unspecified atom stereocenters. The molecule has 0 bridgehead atoms. The maximum atomic E-state index is 13.1. The largest absolute Gasteiger partial charge is 0.489 e. The molecule has 1 aromatic heterocycles. The van der Waals surface area contributed by atoms with Crippen LogP contribution in [0.25, 0.3) is 0 Å². The van der Waals surface area contributed by atoms with E-state index in [0.29, 0.717) is 40.1 Å². The molecule has 1 N–H and O–H groups in total. The van der Waals surface area contributed by atoms with E-state index in [1.54, 1.807) is 43.3 Å². The highest BCUT2D eigenvalue weighted by atomic mass is 35.5. The highest BCUT2D eigenvalue weighted by Crippen LogP contribution is 2.38. The minimum absolute atomic E-state index is 0.259. The number of aryl methyl sites for hydroxylation is 1. The first-order chi connectivity index (χ1) is 16.0. The highest BCUT2D eigenvalue weighted by molar-refractivity contribution is 7.17. The number of halogens is 1. The molecule has 0 radical (unpaired) electrons. The van der Waals surface area contributed by atoms with Crippen molar-refractivity contribution < 1.29 is 19.1 Å². The third-order valence-corrected chi connectivity index (χ3v) is 7.00. The van der Waals surface area contributed by atoms with E-state index in [2.05, 4.69) is 5.32 Å². The SMILES string of the molecule is CCOC(=O)c1c(NC(=O)c2cccc(COc3ccc(Cl)cc3)c2)sc2c1CCCCC2. The summed E-state index contributed by atoms with van der Waals surface area (Å²) in [7, 11) is 0. The number of carbonyl (C=O) groups excluding carboxylic acids is 2. The second kappa shape index (κ2) is 10.9. The Morgan fingerprint density at radius 2 is 1.85 bits per heavy atom. The van der Waals surface area contributed by atoms with Crippen molar-refractivity contribution in [2.45, 2.75) is 45.6 Å². The van der Waals surface area contributed by atoms with E-state index in [9.17, 15) is 9.59 Å². The number of benzene rings is 2. The maximum Gasteiger partial charge on any atom is 0.341 e. The number of thiophene rings is 1. The number of carbonyl (C=O) groups is 2. The Bertz CT molecular complexity index is 1140. The highest BCUT2D eigenvalue weighted by Gasteiger charge is 2.26. The second-order valence-electron chi connectivity index (χ2n) is 7.89. The summed E-state index contributed by atoms with van der Waals surface area (Å²) in [6.45, 7) is 2.41. The number of rotatable bonds is 7. The van der Waals surface area contributed by atoms with Crippen LogP contribution in [0.3, 0.4) is 0 Å². The minimum atomic E-state index is -0.364. The summed E-state index contributed by atoms with van der Waals surface area (Å²) < 4.78 is 11.1. The zero-order valence-corrected chi connectivity index (χ0v) is 20.1. The van der Waals surface area contributed by atoms with Crippen molar-refractivity contribution in [1.29, 1.82) is 0 Å². The smallest absolute Gasteiger partial charge is 0.341 e. The van der Waals surface area contributed by atoms with E-state index in [1.165, 1.54) is 16.2 Å². The van der Waals surface area contributed by atoms with Crippen LogP contribution >= 0.6 is 22.9 Å². The fourth-order valence-electron chi connectivity index (χ4n) is 3.93. The first-order valence-electron chi connectivity index (χ1n) is 11.2. The van der Waals surface area contributed by atoms with Crippen molar-refractivity contribution in [3.8, 4) is 5.75 Å². The Balaban J connectivity index is 1.51. The van der Waals surface area contributed by atoms with Crippen LogP contribution in [0.5, 0.6) is 5.75 Å². The summed E-state index contributed by atoms with van der Waals surface area (Å²) >= 11 is 7.41. The average Bonchev–Trinajstić information content (AvgIpc) is 2.99. The van der Waals surface area contributed by atoms with Gasteiger partial charge in [0.05, 0.1) is 12.2 Å². The number of esters is 1. The predicted molar refractivity (Wildman–Crippen MR) is 132 cm³/mol. The quantitative estimate of drug-likeness (QED) is 0.301. The van der Waals surface area contributed by atoms with E-state index < -0.39 is 0 Å². The van der Waals surface area contributed by atoms with Gasteiger partial charge in [0.2, 0.25) is 0 Å². The molecule has 33 heavy (non-hydrogen) atoms. The Kier molecular flexibility index (Phi) is 7.68. The third kappa shape index (κ3) is 5.75. The number of amides is 1. The summed E-state index contributed by atoms with van der Waals surface area (Å²) in [6, 6.07) is 14.4. The van der Waals surface area contributed by atoms with E-state index in [4.69, 9.17) is 21.1 Å². The van der Waals surface area contributed by atoms with Gasteiger partial charge in [-0.1, -0.05) is 30.2 Å². The summed E-state index contributed by atoms with van der Waals surface area (Å²) in [5.74, 6) is 0.0797. The van der Waals surface area contributed by atoms with Crippen molar-refractivity contribution in [3.05, 3.63) is 80.7 Å². The molecule has 0 fully saturated rings. The van der Waals surface area contributed by atoms with Crippen LogP contribution in [0.4, 0.5) is 5.00 Å². The third-order valence-electron chi connectivity index (χ3n) is 5.54. The van der Waals surface area contributed by atoms with Crippen LogP contribution in [0.2, 0.25) is 5.02 Å². The van der Waals surface area contributed by atoms with Gasteiger partial charge >= 0.3 is 5.97 Å². The van der Waals surface area contributed by atoms with Crippen LogP contribution < -0.4 is 10.1 Å². The molecule has 172 valence electrons. The van der Waals surface area contributed by atoms with Gasteiger partial charge in [-0.05, 0) is 80.1 Å². The van der Waals surface area contributed by atoms with Crippen LogP contribution in [-0.2, 0) is 24.2 Å². The van der Waals surface area contributed by atoms with Gasteiger partial charge in [0.1, 0.15) is 17.4 Å². The lowest BCUT2D eigenvalue weighted by atomic mass is 10.1. The minimum Gasteiger partial charge on any atom is -0.489 e. The molecule has 7 heteroatoms. The van der Waals surface area contributed by atoms with Gasteiger partial charge < -0.3 is 14.8 Å². The fraction of sp³-hybridized carbons (Fsp3) is 0.308. The summed E-state index contributed by atoms with van der Waals surface area (Å²) in [4.78, 5) is 27.0. The molecule has 1 heterocycles. The molecular formula is C26H26ClNO4S. The summed E-state index contributed by atoms with van der Waals surface area (Å²) in [5, 5.41) is 4.20. The summed E-state index contributed by atoms with van der Waals surface area (Å²) in [5.41, 5.74) is 2.93. The van der Waals surface area contributed by atoms with E-state index in [1.807, 2.05) is 12.1 Å². The Labute approximate surface area is 202 Å². The van der Waals surface area contributed by atoms with Crippen LogP contribution in [0.15, 0.2) is 48.5 Å². The van der Waals surface area contributed by atoms with Crippen LogP contribution in [0, 0.1) is 0 Å². The molecule has 0 spiro atoms. The zero-order chi connectivity index (χ0) is 23.2. The van der Waals surface area contributed by atoms with Gasteiger partial charge in [-0.25, -0.2) is 4.79 Å². The number of hydrogen-bond donors (Lipinski definition) is 1. The maximum absolute atomic E-state index is 13.1. The first kappa shape index (κ1) is 23.3. The van der Waals surface area contributed by atoms with Crippen molar-refractivity contribution in [2.75, 3.05) is 11.9 Å². The van der Waals surface area contributed by atoms with Gasteiger partial charge in [-0.3, -0.25) is 4.79 Å². The number of nitrogens with one attached hydrogen (secondary N) is 1. The number of ether oxygens (including phenoxy) is 2. The van der Waals surface area contributed by atoms with Crippen LogP contribution in [-0.4, -0.2) is 18.5 Å². The molecular weight excluding hydrogens is 458 g/mol. The van der Waals surface area contributed by atoms with Crippen molar-refractivity contribution in [3.63, 3.8) is 0 Å². The van der Waals surface area contributed by atoms with E-state index in [-0.39, 0.29) is 11.9 Å². The number of hydrogen-bond acceptors (Lipinski definition) is 5. The van der Waals surface area contributed by atoms with Gasteiger partial charge in [-0.2, -0.15) is 0 Å².